The van der Waals surface area contributed by atoms with Crippen molar-refractivity contribution in [2.75, 3.05) is 13.1 Å². The molecule has 1 rings (SSSR count). The first-order valence-electron chi connectivity index (χ1n) is 3.11. The van der Waals surface area contributed by atoms with Crippen molar-refractivity contribution in [3.8, 4) is 0 Å². The molecule has 3 nitrogen and oxygen atoms in total. The molecular formula is C5H10BN2O. The average Bonchev–Trinajstić information content (AvgIpc) is 2.17. The van der Waals surface area contributed by atoms with E-state index in [1.54, 1.807) is 7.41 Å². The number of hydrogen-bond donors (Lipinski definition) is 1. The minimum Gasteiger partial charge on any atom is -0.338 e. The molecule has 4 heteroatoms. The van der Waals surface area contributed by atoms with Crippen molar-refractivity contribution in [2.45, 2.75) is 12.5 Å². The zero-order chi connectivity index (χ0) is 6.69. The Labute approximate surface area is 55.5 Å². The standard InChI is InChI=1S/C5H10BN2O/c7-5-1-2-8(3-5)6-4-9/h4-5H,1-3,7H2. The van der Waals surface area contributed by atoms with Crippen LogP contribution in [0.25, 0.3) is 0 Å². The molecule has 1 heterocycles. The Hall–Kier alpha value is -0.345. The molecule has 49 valence electrons. The van der Waals surface area contributed by atoms with E-state index in [0.717, 1.165) is 25.7 Å². The van der Waals surface area contributed by atoms with Crippen LogP contribution in [0.1, 0.15) is 6.42 Å². The molecule has 1 saturated heterocycles. The summed E-state index contributed by atoms with van der Waals surface area (Å²) in [4.78, 5) is 11.9. The highest BCUT2D eigenvalue weighted by atomic mass is 16.1. The molecule has 0 aliphatic carbocycles. The Morgan fingerprint density at radius 3 is 3.00 bits per heavy atom. The van der Waals surface area contributed by atoms with Gasteiger partial charge in [-0.15, -0.1) is 0 Å². The summed E-state index contributed by atoms with van der Waals surface area (Å²) in [6.07, 6.45) is 1.81. The van der Waals surface area contributed by atoms with Crippen molar-refractivity contribution in [1.82, 2.24) is 4.81 Å². The van der Waals surface area contributed by atoms with E-state index >= 15 is 0 Å². The molecule has 1 aliphatic rings. The number of nitrogens with zero attached hydrogens (tertiary/aromatic N) is 1. The van der Waals surface area contributed by atoms with Crippen LogP contribution < -0.4 is 5.73 Å². The number of carbonyl (C=O) groups excluding carboxylic acids is 1. The van der Waals surface area contributed by atoms with E-state index in [9.17, 15) is 4.79 Å². The molecule has 1 aliphatic heterocycles. The first kappa shape index (κ1) is 6.77. The third-order valence-electron chi connectivity index (χ3n) is 1.53. The van der Waals surface area contributed by atoms with E-state index in [-0.39, 0.29) is 6.04 Å². The Morgan fingerprint density at radius 2 is 2.56 bits per heavy atom. The van der Waals surface area contributed by atoms with Gasteiger partial charge in [0.15, 0.2) is 0 Å². The number of hydrogen-bond acceptors (Lipinski definition) is 3. The Kier molecular flexibility index (Phi) is 2.25. The first-order valence-corrected chi connectivity index (χ1v) is 3.11. The second-order valence-corrected chi connectivity index (χ2v) is 2.33. The largest absolute Gasteiger partial charge is 0.338 e. The molecule has 1 fully saturated rings. The molecule has 0 amide bonds. The zero-order valence-corrected chi connectivity index (χ0v) is 5.29. The SMILES string of the molecule is NC1CCN([B]C=O)C1. The van der Waals surface area contributed by atoms with Gasteiger partial charge in [0.25, 0.3) is 7.41 Å². The molecule has 0 bridgehead atoms. The molecule has 1 unspecified atom stereocenters. The Balaban J connectivity index is 2.21. The van der Waals surface area contributed by atoms with E-state index in [0.29, 0.717) is 0 Å². The van der Waals surface area contributed by atoms with Crippen LogP contribution in [0.2, 0.25) is 0 Å². The van der Waals surface area contributed by atoms with Gasteiger partial charge in [0, 0.05) is 12.6 Å². The van der Waals surface area contributed by atoms with Gasteiger partial charge in [-0.1, -0.05) is 0 Å². The Morgan fingerprint density at radius 1 is 1.78 bits per heavy atom. The van der Waals surface area contributed by atoms with Gasteiger partial charge in [0.2, 0.25) is 0 Å². The molecule has 0 saturated carbocycles. The lowest BCUT2D eigenvalue weighted by atomic mass is 9.96. The lowest BCUT2D eigenvalue weighted by Crippen LogP contribution is -2.30. The second kappa shape index (κ2) is 2.99. The molecule has 0 spiro atoms. The highest BCUT2D eigenvalue weighted by Gasteiger charge is 2.18. The normalized spacial score (nSPS) is 28.3. The molecule has 0 aromatic heterocycles. The lowest BCUT2D eigenvalue weighted by molar-refractivity contribution is 0.533. The van der Waals surface area contributed by atoms with E-state index in [2.05, 4.69) is 0 Å². The van der Waals surface area contributed by atoms with Crippen LogP contribution in [0.4, 0.5) is 0 Å². The predicted octanol–water partition coefficient (Wildman–Crippen LogP) is -1.17. The van der Waals surface area contributed by atoms with Crippen LogP contribution in [-0.4, -0.2) is 37.5 Å². The summed E-state index contributed by atoms with van der Waals surface area (Å²) in [5.74, 6) is 0. The van der Waals surface area contributed by atoms with E-state index < -0.39 is 0 Å². The van der Waals surface area contributed by atoms with Gasteiger partial charge in [0.05, 0.1) is 6.19 Å². The summed E-state index contributed by atoms with van der Waals surface area (Å²) >= 11 is 0. The molecule has 9 heavy (non-hydrogen) atoms. The van der Waals surface area contributed by atoms with Crippen molar-refractivity contribution < 1.29 is 4.79 Å². The minimum atomic E-state index is 0.265. The van der Waals surface area contributed by atoms with Crippen LogP contribution in [-0.2, 0) is 4.79 Å². The summed E-state index contributed by atoms with van der Waals surface area (Å²) in [5, 5.41) is 0. The average molecular weight is 125 g/mol. The lowest BCUT2D eigenvalue weighted by Gasteiger charge is -2.07. The molecule has 1 radical (unpaired) electrons. The fraction of sp³-hybridized carbons (Fsp3) is 0.800. The number of rotatable bonds is 2. The van der Waals surface area contributed by atoms with E-state index in [1.807, 2.05) is 4.81 Å². The third kappa shape index (κ3) is 1.80. The van der Waals surface area contributed by atoms with Gasteiger partial charge in [-0.3, -0.25) is 0 Å². The van der Waals surface area contributed by atoms with Gasteiger partial charge in [0.1, 0.15) is 0 Å². The minimum absolute atomic E-state index is 0.265. The van der Waals surface area contributed by atoms with E-state index in [4.69, 9.17) is 5.73 Å². The number of nitrogens with two attached hydrogens (primary N) is 1. The van der Waals surface area contributed by atoms with Crippen LogP contribution in [0.5, 0.6) is 0 Å². The maximum absolute atomic E-state index is 9.93. The molecule has 0 aromatic carbocycles. The van der Waals surface area contributed by atoms with Crippen molar-refractivity contribution in [1.29, 1.82) is 0 Å². The first-order chi connectivity index (χ1) is 4.33. The van der Waals surface area contributed by atoms with Crippen LogP contribution >= 0.6 is 0 Å². The molecular weight excluding hydrogens is 115 g/mol. The summed E-state index contributed by atoms with van der Waals surface area (Å²) in [6.45, 7) is 1.76. The van der Waals surface area contributed by atoms with Gasteiger partial charge in [-0.2, -0.15) is 0 Å². The quantitative estimate of drug-likeness (QED) is 0.373. The van der Waals surface area contributed by atoms with Gasteiger partial charge in [-0.05, 0) is 13.0 Å². The second-order valence-electron chi connectivity index (χ2n) is 2.33. The van der Waals surface area contributed by atoms with Crippen molar-refractivity contribution >= 4 is 13.6 Å². The van der Waals surface area contributed by atoms with Crippen LogP contribution in [0.3, 0.4) is 0 Å². The predicted molar refractivity (Wildman–Crippen MR) is 36.7 cm³/mol. The maximum atomic E-state index is 9.93. The summed E-state index contributed by atoms with van der Waals surface area (Å²) in [5.41, 5.74) is 5.58. The fourth-order valence-electron chi connectivity index (χ4n) is 1.04. The zero-order valence-electron chi connectivity index (χ0n) is 5.29. The van der Waals surface area contributed by atoms with Crippen molar-refractivity contribution in [3.05, 3.63) is 0 Å². The highest BCUT2D eigenvalue weighted by Crippen LogP contribution is 2.03. The van der Waals surface area contributed by atoms with Crippen molar-refractivity contribution in [3.63, 3.8) is 0 Å². The third-order valence-corrected chi connectivity index (χ3v) is 1.53. The van der Waals surface area contributed by atoms with Gasteiger partial charge < -0.3 is 15.3 Å². The van der Waals surface area contributed by atoms with Gasteiger partial charge >= 0.3 is 0 Å². The van der Waals surface area contributed by atoms with Crippen LogP contribution in [0.15, 0.2) is 0 Å². The summed E-state index contributed by atoms with van der Waals surface area (Å²) in [6, 6.07) is 0.265. The fourth-order valence-corrected chi connectivity index (χ4v) is 1.04. The highest BCUT2D eigenvalue weighted by molar-refractivity contribution is 6.64. The van der Waals surface area contributed by atoms with Crippen LogP contribution in [0, 0.1) is 0 Å². The topological polar surface area (TPSA) is 46.3 Å². The summed E-state index contributed by atoms with van der Waals surface area (Å²) in [7, 11) is 1.55. The Bertz CT molecular complexity index is 109. The van der Waals surface area contributed by atoms with E-state index in [1.165, 1.54) is 0 Å². The number of carbonyl (C=O) groups is 1. The molecule has 0 aromatic rings. The summed E-state index contributed by atoms with van der Waals surface area (Å²) < 4.78 is 0. The maximum Gasteiger partial charge on any atom is 0.293 e. The van der Waals surface area contributed by atoms with Gasteiger partial charge in [-0.25, -0.2) is 0 Å². The van der Waals surface area contributed by atoms with Crippen molar-refractivity contribution in [2.24, 2.45) is 5.73 Å². The monoisotopic (exact) mass is 125 g/mol. The molecule has 2 N–H and O–H groups in total. The molecule has 1 atom stereocenters. The smallest absolute Gasteiger partial charge is 0.293 e.